The Morgan fingerprint density at radius 1 is 1.70 bits per heavy atom. The second-order valence-corrected chi connectivity index (χ2v) is 2.52. The number of rotatable bonds is 3. The zero-order chi connectivity index (χ0) is 7.40. The fraction of sp³-hybridized carbons (Fsp3) is 1.00. The predicted octanol–water partition coefficient (Wildman–Crippen LogP) is 0.705. The van der Waals surface area contributed by atoms with E-state index in [9.17, 15) is 0 Å². The van der Waals surface area contributed by atoms with Gasteiger partial charge in [0, 0.05) is 6.61 Å². The molecule has 1 rings (SSSR count). The fourth-order valence-corrected chi connectivity index (χ4v) is 1.08. The van der Waals surface area contributed by atoms with Gasteiger partial charge in [-0.1, -0.05) is 0 Å². The van der Waals surface area contributed by atoms with Gasteiger partial charge in [-0.3, -0.25) is 0 Å². The van der Waals surface area contributed by atoms with Crippen LogP contribution >= 0.6 is 0 Å². The van der Waals surface area contributed by atoms with Crippen LogP contribution in [0.1, 0.15) is 20.3 Å². The van der Waals surface area contributed by atoms with Gasteiger partial charge in [0.25, 0.3) is 0 Å². The van der Waals surface area contributed by atoms with Gasteiger partial charge in [0.2, 0.25) is 0 Å². The van der Waals surface area contributed by atoms with Gasteiger partial charge < -0.3 is 9.57 Å². The Morgan fingerprint density at radius 3 is 3.00 bits per heavy atom. The van der Waals surface area contributed by atoms with Crippen molar-refractivity contribution in [3.63, 3.8) is 0 Å². The molecule has 0 amide bonds. The summed E-state index contributed by atoms with van der Waals surface area (Å²) in [4.78, 5) is 5.06. The van der Waals surface area contributed by atoms with E-state index in [1.54, 1.807) is 0 Å². The van der Waals surface area contributed by atoms with Gasteiger partial charge in [-0.25, -0.2) is 0 Å². The molecule has 0 aliphatic carbocycles. The average molecular weight is 145 g/mol. The maximum absolute atomic E-state index is 5.32. The van der Waals surface area contributed by atoms with E-state index < -0.39 is 0 Å². The summed E-state index contributed by atoms with van der Waals surface area (Å²) in [6.07, 6.45) is 1.35. The molecular weight excluding hydrogens is 130 g/mol. The lowest BCUT2D eigenvalue weighted by atomic mass is 10.2. The molecule has 1 N–H and O–H groups in total. The summed E-state index contributed by atoms with van der Waals surface area (Å²) in [5, 5.41) is 0. The first-order valence-electron chi connectivity index (χ1n) is 3.83. The lowest BCUT2D eigenvalue weighted by Crippen LogP contribution is -2.34. The van der Waals surface area contributed by atoms with Crippen molar-refractivity contribution in [3.8, 4) is 0 Å². The summed E-state index contributed by atoms with van der Waals surface area (Å²) in [5.74, 6) is 0. The molecule has 3 nitrogen and oxygen atoms in total. The van der Waals surface area contributed by atoms with Crippen molar-refractivity contribution in [2.24, 2.45) is 0 Å². The molecule has 1 aliphatic rings. The van der Waals surface area contributed by atoms with E-state index in [0.29, 0.717) is 18.8 Å². The zero-order valence-corrected chi connectivity index (χ0v) is 6.59. The Balaban J connectivity index is 2.14. The summed E-state index contributed by atoms with van der Waals surface area (Å²) in [5.41, 5.74) is 2.96. The minimum Gasteiger partial charge on any atom is -0.377 e. The van der Waals surface area contributed by atoms with Crippen molar-refractivity contribution in [1.82, 2.24) is 5.48 Å². The highest BCUT2D eigenvalue weighted by Crippen LogP contribution is 2.11. The Morgan fingerprint density at radius 2 is 2.50 bits per heavy atom. The van der Waals surface area contributed by atoms with Crippen LogP contribution in [0, 0.1) is 0 Å². The normalized spacial score (nSPS) is 33.0. The third kappa shape index (κ3) is 1.94. The first-order chi connectivity index (χ1) is 4.84. The quantitative estimate of drug-likeness (QED) is 0.593. The molecule has 0 aromatic rings. The molecule has 0 saturated carbocycles. The number of hydroxylamine groups is 1. The Labute approximate surface area is 61.7 Å². The lowest BCUT2D eigenvalue weighted by molar-refractivity contribution is 0.00285. The fourth-order valence-electron chi connectivity index (χ4n) is 1.08. The average Bonchev–Trinajstić information content (AvgIpc) is 2.31. The summed E-state index contributed by atoms with van der Waals surface area (Å²) >= 11 is 0. The zero-order valence-electron chi connectivity index (χ0n) is 6.59. The summed E-state index contributed by atoms with van der Waals surface area (Å²) < 4.78 is 5.32. The number of nitrogens with one attached hydrogen (secondary N) is 1. The van der Waals surface area contributed by atoms with E-state index in [-0.39, 0.29) is 0 Å². The number of ether oxygens (including phenoxy) is 1. The molecule has 1 aliphatic heterocycles. The molecule has 10 heavy (non-hydrogen) atoms. The molecule has 2 atom stereocenters. The second kappa shape index (κ2) is 3.91. The highest BCUT2D eigenvalue weighted by atomic mass is 16.6. The van der Waals surface area contributed by atoms with Crippen LogP contribution in [0.3, 0.4) is 0 Å². The standard InChI is InChI=1S/C7H15NO2/c1-3-10-8-7-4-5-9-6(7)2/h6-8H,3-5H2,1-2H3. The third-order valence-electron chi connectivity index (χ3n) is 1.76. The molecule has 3 heteroatoms. The summed E-state index contributed by atoms with van der Waals surface area (Å²) in [6, 6.07) is 0.389. The smallest absolute Gasteiger partial charge is 0.0723 e. The summed E-state index contributed by atoms with van der Waals surface area (Å²) in [6.45, 7) is 5.59. The van der Waals surface area contributed by atoms with Gasteiger partial charge in [-0.2, -0.15) is 5.48 Å². The van der Waals surface area contributed by atoms with E-state index in [2.05, 4.69) is 12.4 Å². The van der Waals surface area contributed by atoms with Crippen LogP contribution in [0.4, 0.5) is 0 Å². The molecule has 0 aromatic carbocycles. The minimum atomic E-state index is 0.298. The topological polar surface area (TPSA) is 30.5 Å². The van der Waals surface area contributed by atoms with Crippen LogP contribution in [-0.2, 0) is 9.57 Å². The van der Waals surface area contributed by atoms with Crippen molar-refractivity contribution in [1.29, 1.82) is 0 Å². The second-order valence-electron chi connectivity index (χ2n) is 2.52. The van der Waals surface area contributed by atoms with Crippen LogP contribution in [-0.4, -0.2) is 25.4 Å². The van der Waals surface area contributed by atoms with Crippen molar-refractivity contribution in [2.75, 3.05) is 13.2 Å². The molecule has 1 heterocycles. The molecule has 0 bridgehead atoms. The molecule has 1 saturated heterocycles. The van der Waals surface area contributed by atoms with E-state index in [1.807, 2.05) is 6.92 Å². The van der Waals surface area contributed by atoms with Crippen molar-refractivity contribution >= 4 is 0 Å². The molecule has 1 fully saturated rings. The third-order valence-corrected chi connectivity index (χ3v) is 1.76. The van der Waals surface area contributed by atoms with Crippen molar-refractivity contribution in [3.05, 3.63) is 0 Å². The molecule has 60 valence electrons. The van der Waals surface area contributed by atoms with Gasteiger partial charge in [0.1, 0.15) is 0 Å². The minimum absolute atomic E-state index is 0.298. The molecule has 0 aromatic heterocycles. The maximum atomic E-state index is 5.32. The Hall–Kier alpha value is -0.120. The summed E-state index contributed by atoms with van der Waals surface area (Å²) in [7, 11) is 0. The van der Waals surface area contributed by atoms with Gasteiger partial charge >= 0.3 is 0 Å². The monoisotopic (exact) mass is 145 g/mol. The van der Waals surface area contributed by atoms with E-state index in [4.69, 9.17) is 9.57 Å². The largest absolute Gasteiger partial charge is 0.377 e. The van der Waals surface area contributed by atoms with Gasteiger partial charge in [0.05, 0.1) is 18.8 Å². The SMILES string of the molecule is CCONC1CCOC1C. The molecule has 0 spiro atoms. The van der Waals surface area contributed by atoms with Crippen LogP contribution in [0.2, 0.25) is 0 Å². The highest BCUT2D eigenvalue weighted by molar-refractivity contribution is 4.75. The number of hydrogen-bond acceptors (Lipinski definition) is 3. The van der Waals surface area contributed by atoms with Crippen molar-refractivity contribution < 1.29 is 9.57 Å². The van der Waals surface area contributed by atoms with Crippen molar-refractivity contribution in [2.45, 2.75) is 32.4 Å². The van der Waals surface area contributed by atoms with Gasteiger partial charge in [-0.05, 0) is 20.3 Å². The van der Waals surface area contributed by atoms with Crippen LogP contribution < -0.4 is 5.48 Å². The van der Waals surface area contributed by atoms with Crippen LogP contribution in [0.5, 0.6) is 0 Å². The van der Waals surface area contributed by atoms with E-state index >= 15 is 0 Å². The van der Waals surface area contributed by atoms with Gasteiger partial charge in [-0.15, -0.1) is 0 Å². The highest BCUT2D eigenvalue weighted by Gasteiger charge is 2.23. The molecule has 0 radical (unpaired) electrons. The first kappa shape index (κ1) is 7.98. The first-order valence-corrected chi connectivity index (χ1v) is 3.83. The Bertz CT molecular complexity index is 97.6. The number of hydrogen-bond donors (Lipinski definition) is 1. The maximum Gasteiger partial charge on any atom is 0.0723 e. The predicted molar refractivity (Wildman–Crippen MR) is 38.6 cm³/mol. The Kier molecular flexibility index (Phi) is 3.12. The van der Waals surface area contributed by atoms with E-state index in [0.717, 1.165) is 13.0 Å². The molecule has 2 unspecified atom stereocenters. The molecular formula is C7H15NO2. The van der Waals surface area contributed by atoms with Crippen LogP contribution in [0.15, 0.2) is 0 Å². The lowest BCUT2D eigenvalue weighted by Gasteiger charge is -2.14. The van der Waals surface area contributed by atoms with Gasteiger partial charge in [0.15, 0.2) is 0 Å². The van der Waals surface area contributed by atoms with Crippen LogP contribution in [0.25, 0.3) is 0 Å². The van der Waals surface area contributed by atoms with E-state index in [1.165, 1.54) is 0 Å².